The summed E-state index contributed by atoms with van der Waals surface area (Å²) in [4.78, 5) is 25.0. The van der Waals surface area contributed by atoms with Gasteiger partial charge in [-0.1, -0.05) is 0 Å². The van der Waals surface area contributed by atoms with Gasteiger partial charge in [-0.05, 0) is 31.2 Å². The zero-order valence-corrected chi connectivity index (χ0v) is 10.2. The van der Waals surface area contributed by atoms with Crippen molar-refractivity contribution in [3.05, 3.63) is 30.1 Å². The normalized spacial score (nSPS) is 23.3. The summed E-state index contributed by atoms with van der Waals surface area (Å²) in [5, 5.41) is 0. The third-order valence-electron chi connectivity index (χ3n) is 3.26. The summed E-state index contributed by atoms with van der Waals surface area (Å²) in [6.45, 7) is 1.79. The molecule has 0 aliphatic carbocycles. The van der Waals surface area contributed by atoms with Gasteiger partial charge in [-0.3, -0.25) is 9.59 Å². The average Bonchev–Trinajstić information content (AvgIpc) is 2.65. The van der Waals surface area contributed by atoms with Gasteiger partial charge in [0.05, 0.1) is 13.0 Å². The predicted octanol–water partition coefficient (Wildman–Crippen LogP) is 1.74. The van der Waals surface area contributed by atoms with Crippen molar-refractivity contribution in [2.75, 3.05) is 12.0 Å². The number of carbonyl (C=O) groups is 2. The molecule has 4 nitrogen and oxygen atoms in total. The number of anilines is 1. The van der Waals surface area contributed by atoms with Crippen LogP contribution in [0.5, 0.6) is 0 Å². The molecular formula is C13H14FNO3. The number of carbonyl (C=O) groups excluding carboxylic acids is 2. The van der Waals surface area contributed by atoms with Crippen LogP contribution in [0.15, 0.2) is 24.3 Å². The standard InChI is InChI=1S/C13H14FNO3/c1-8-11(13(17)18-2)7-12(16)15(8)10-5-3-9(14)4-6-10/h3-6,8,11H,7H2,1-2H3. The Kier molecular flexibility index (Phi) is 3.32. The number of amides is 1. The highest BCUT2D eigenvalue weighted by molar-refractivity contribution is 6.00. The largest absolute Gasteiger partial charge is 0.469 e. The van der Waals surface area contributed by atoms with E-state index in [1.807, 2.05) is 0 Å². The van der Waals surface area contributed by atoms with Crippen LogP contribution in [0.25, 0.3) is 0 Å². The SMILES string of the molecule is COC(=O)C1CC(=O)N(c2ccc(F)cc2)C1C. The number of halogens is 1. The Hall–Kier alpha value is -1.91. The summed E-state index contributed by atoms with van der Waals surface area (Å²) in [6.07, 6.45) is 0.130. The van der Waals surface area contributed by atoms with Gasteiger partial charge in [0, 0.05) is 18.2 Å². The molecule has 1 heterocycles. The van der Waals surface area contributed by atoms with Gasteiger partial charge in [0.25, 0.3) is 0 Å². The van der Waals surface area contributed by atoms with Crippen LogP contribution in [0.1, 0.15) is 13.3 Å². The molecule has 5 heteroatoms. The first kappa shape index (κ1) is 12.5. The van der Waals surface area contributed by atoms with Gasteiger partial charge in [-0.15, -0.1) is 0 Å². The van der Waals surface area contributed by atoms with Crippen LogP contribution >= 0.6 is 0 Å². The highest BCUT2D eigenvalue weighted by Gasteiger charge is 2.42. The lowest BCUT2D eigenvalue weighted by Crippen LogP contribution is -2.35. The zero-order valence-electron chi connectivity index (χ0n) is 10.2. The van der Waals surface area contributed by atoms with Crippen molar-refractivity contribution in [3.63, 3.8) is 0 Å². The minimum Gasteiger partial charge on any atom is -0.469 e. The second-order valence-corrected chi connectivity index (χ2v) is 4.31. The van der Waals surface area contributed by atoms with E-state index in [9.17, 15) is 14.0 Å². The summed E-state index contributed by atoms with van der Waals surface area (Å²) in [5.74, 6) is -1.36. The molecule has 18 heavy (non-hydrogen) atoms. The summed E-state index contributed by atoms with van der Waals surface area (Å²) in [6, 6.07) is 5.37. The number of nitrogens with zero attached hydrogens (tertiary/aromatic N) is 1. The first-order valence-electron chi connectivity index (χ1n) is 5.70. The first-order chi connectivity index (χ1) is 8.54. The van der Waals surface area contributed by atoms with Crippen molar-refractivity contribution in [2.24, 2.45) is 5.92 Å². The number of rotatable bonds is 2. The number of methoxy groups -OCH3 is 1. The molecule has 1 amide bonds. The molecule has 0 saturated carbocycles. The minimum absolute atomic E-state index is 0.130. The Bertz CT molecular complexity index is 472. The van der Waals surface area contributed by atoms with Crippen molar-refractivity contribution < 1.29 is 18.7 Å². The fraction of sp³-hybridized carbons (Fsp3) is 0.385. The van der Waals surface area contributed by atoms with Gasteiger partial charge in [-0.25, -0.2) is 4.39 Å². The van der Waals surface area contributed by atoms with E-state index in [1.54, 1.807) is 6.92 Å². The molecule has 1 aromatic rings. The zero-order chi connectivity index (χ0) is 13.3. The van der Waals surface area contributed by atoms with Crippen molar-refractivity contribution in [3.8, 4) is 0 Å². The summed E-state index contributed by atoms with van der Waals surface area (Å²) >= 11 is 0. The van der Waals surface area contributed by atoms with Gasteiger partial charge in [0.15, 0.2) is 0 Å². The molecule has 1 aliphatic rings. The smallest absolute Gasteiger partial charge is 0.311 e. The maximum atomic E-state index is 12.8. The fourth-order valence-electron chi connectivity index (χ4n) is 2.28. The second-order valence-electron chi connectivity index (χ2n) is 4.31. The molecule has 96 valence electrons. The van der Waals surface area contributed by atoms with E-state index in [2.05, 4.69) is 4.74 Å². The Morgan fingerprint density at radius 2 is 2.00 bits per heavy atom. The molecule has 0 bridgehead atoms. The Labute approximate surface area is 104 Å². The maximum absolute atomic E-state index is 12.8. The van der Waals surface area contributed by atoms with E-state index in [0.29, 0.717) is 5.69 Å². The van der Waals surface area contributed by atoms with Gasteiger partial charge >= 0.3 is 5.97 Å². The lowest BCUT2D eigenvalue weighted by atomic mass is 10.0. The number of ether oxygens (including phenoxy) is 1. The topological polar surface area (TPSA) is 46.6 Å². The Morgan fingerprint density at radius 3 is 2.56 bits per heavy atom. The summed E-state index contributed by atoms with van der Waals surface area (Å²) in [7, 11) is 1.31. The third kappa shape index (κ3) is 2.08. The number of hydrogen-bond donors (Lipinski definition) is 0. The third-order valence-corrected chi connectivity index (χ3v) is 3.26. The van der Waals surface area contributed by atoms with Gasteiger partial charge in [-0.2, -0.15) is 0 Å². The quantitative estimate of drug-likeness (QED) is 0.752. The van der Waals surface area contributed by atoms with Gasteiger partial charge in [0.2, 0.25) is 5.91 Å². The molecule has 2 rings (SSSR count). The molecule has 2 unspecified atom stereocenters. The van der Waals surface area contributed by atoms with Crippen molar-refractivity contribution in [1.82, 2.24) is 0 Å². The number of benzene rings is 1. The molecule has 0 radical (unpaired) electrons. The van der Waals surface area contributed by atoms with Crippen LogP contribution in [0.4, 0.5) is 10.1 Å². The highest BCUT2D eigenvalue weighted by Crippen LogP contribution is 2.31. The van der Waals surface area contributed by atoms with Crippen LogP contribution in [-0.2, 0) is 14.3 Å². The van der Waals surface area contributed by atoms with Crippen molar-refractivity contribution in [2.45, 2.75) is 19.4 Å². The van der Waals surface area contributed by atoms with E-state index >= 15 is 0 Å². The van der Waals surface area contributed by atoms with E-state index in [4.69, 9.17) is 0 Å². The Balaban J connectivity index is 2.26. The maximum Gasteiger partial charge on any atom is 0.311 e. The van der Waals surface area contributed by atoms with E-state index < -0.39 is 5.92 Å². The van der Waals surface area contributed by atoms with Crippen molar-refractivity contribution in [1.29, 1.82) is 0 Å². The summed E-state index contributed by atoms with van der Waals surface area (Å²) in [5.41, 5.74) is 0.598. The predicted molar refractivity (Wildman–Crippen MR) is 63.5 cm³/mol. The molecule has 1 aliphatic heterocycles. The molecule has 0 N–H and O–H groups in total. The fourth-order valence-corrected chi connectivity index (χ4v) is 2.28. The van der Waals surface area contributed by atoms with E-state index in [-0.39, 0.29) is 30.2 Å². The van der Waals surface area contributed by atoms with Gasteiger partial charge in [0.1, 0.15) is 5.82 Å². The van der Waals surface area contributed by atoms with Crippen LogP contribution < -0.4 is 4.90 Å². The molecule has 2 atom stereocenters. The number of hydrogen-bond acceptors (Lipinski definition) is 3. The van der Waals surface area contributed by atoms with Crippen LogP contribution in [0.2, 0.25) is 0 Å². The molecular weight excluding hydrogens is 237 g/mol. The van der Waals surface area contributed by atoms with Crippen LogP contribution in [-0.4, -0.2) is 25.0 Å². The van der Waals surface area contributed by atoms with Crippen LogP contribution in [0.3, 0.4) is 0 Å². The number of esters is 1. The molecule has 0 aromatic heterocycles. The molecule has 1 aromatic carbocycles. The summed E-state index contributed by atoms with van der Waals surface area (Å²) < 4.78 is 17.5. The minimum atomic E-state index is -0.465. The lowest BCUT2D eigenvalue weighted by molar-refractivity contribution is -0.146. The van der Waals surface area contributed by atoms with E-state index in [0.717, 1.165) is 0 Å². The van der Waals surface area contributed by atoms with Crippen LogP contribution in [0, 0.1) is 11.7 Å². The molecule has 0 spiro atoms. The molecule has 1 saturated heterocycles. The lowest BCUT2D eigenvalue weighted by Gasteiger charge is -2.23. The Morgan fingerprint density at radius 1 is 1.39 bits per heavy atom. The average molecular weight is 251 g/mol. The first-order valence-corrected chi connectivity index (χ1v) is 5.70. The monoisotopic (exact) mass is 251 g/mol. The van der Waals surface area contributed by atoms with Crippen molar-refractivity contribution >= 4 is 17.6 Å². The van der Waals surface area contributed by atoms with Gasteiger partial charge < -0.3 is 9.64 Å². The highest BCUT2D eigenvalue weighted by atomic mass is 19.1. The molecule has 1 fully saturated rings. The second kappa shape index (κ2) is 4.76. The van der Waals surface area contributed by atoms with E-state index in [1.165, 1.54) is 36.3 Å².